The van der Waals surface area contributed by atoms with Crippen LogP contribution in [-0.2, 0) is 10.1 Å². The predicted octanol–water partition coefficient (Wildman–Crippen LogP) is -0.267. The van der Waals surface area contributed by atoms with Crippen LogP contribution in [0.2, 0.25) is 0 Å². The van der Waals surface area contributed by atoms with Crippen molar-refractivity contribution in [2.24, 2.45) is 0 Å². The molecule has 0 atom stereocenters. The van der Waals surface area contributed by atoms with Crippen LogP contribution in [0.4, 0.5) is 22.7 Å². The molecule has 0 aliphatic heterocycles. The number of nitrogen functional groups attached to an aromatic ring is 2. The predicted molar refractivity (Wildman–Crippen MR) is 109 cm³/mol. The van der Waals surface area contributed by atoms with Crippen LogP contribution < -0.4 is 46.3 Å². The summed E-state index contributed by atoms with van der Waals surface area (Å²) in [5, 5.41) is 2.91. The van der Waals surface area contributed by atoms with Crippen molar-refractivity contribution in [3.63, 3.8) is 0 Å². The molecular weight excluding hydrogens is 417 g/mol. The van der Waals surface area contributed by atoms with E-state index in [1.807, 2.05) is 0 Å². The van der Waals surface area contributed by atoms with Crippen molar-refractivity contribution < 1.29 is 53.5 Å². The second kappa shape index (κ2) is 7.86. The van der Waals surface area contributed by atoms with Gasteiger partial charge in [0.25, 0.3) is 10.1 Å². The maximum absolute atomic E-state index is 13.2. The van der Waals surface area contributed by atoms with Crippen LogP contribution in [0.3, 0.4) is 0 Å². The van der Waals surface area contributed by atoms with E-state index < -0.39 is 32.3 Å². The molecule has 0 amide bonds. The van der Waals surface area contributed by atoms with Gasteiger partial charge in [0.05, 0.1) is 22.5 Å². The van der Waals surface area contributed by atoms with Crippen LogP contribution in [0, 0.1) is 0 Å². The standard InChI is InChI=1S/C20H15N3O5S.Na.H/c21-10-4-3-5-11(8-10)23-14-9-15(29(26,27)28)18(22)17-16(14)19(24)12-6-1-2-7-13(12)20(17)25;;/h1-9,23H,21-22H2,(H,26,27,28);;/q;+1;-1. The average Bonchev–Trinajstić information content (AvgIpc) is 2.66. The number of nitrogens with one attached hydrogen (secondary N) is 1. The second-order valence-electron chi connectivity index (χ2n) is 6.52. The minimum Gasteiger partial charge on any atom is -1.00 e. The molecule has 0 unspecified atom stereocenters. The summed E-state index contributed by atoms with van der Waals surface area (Å²) in [6.45, 7) is 0. The molecule has 4 rings (SSSR count). The third-order valence-corrected chi connectivity index (χ3v) is 5.54. The van der Waals surface area contributed by atoms with E-state index in [0.29, 0.717) is 11.4 Å². The molecule has 0 heterocycles. The maximum atomic E-state index is 13.2. The number of benzene rings is 3. The Labute approximate surface area is 195 Å². The normalized spacial score (nSPS) is 12.6. The van der Waals surface area contributed by atoms with Crippen molar-refractivity contribution in [1.82, 2.24) is 0 Å². The van der Waals surface area contributed by atoms with Gasteiger partial charge in [-0.2, -0.15) is 8.42 Å². The molecule has 0 radical (unpaired) electrons. The molecule has 0 saturated heterocycles. The zero-order chi connectivity index (χ0) is 20.9. The molecule has 30 heavy (non-hydrogen) atoms. The molecule has 8 nitrogen and oxygen atoms in total. The largest absolute Gasteiger partial charge is 1.00 e. The van der Waals surface area contributed by atoms with Gasteiger partial charge in [0.2, 0.25) is 0 Å². The number of carbonyl (C=O) groups is 2. The SMILES string of the molecule is Nc1cccc(Nc2cc(S(=O)(=O)O)c(N)c3c2C(=O)c2ccccc2C3=O)c1.[H-].[Na+]. The molecule has 10 heteroatoms. The summed E-state index contributed by atoms with van der Waals surface area (Å²) in [5.41, 5.74) is 12.1. The fraction of sp³-hybridized carbons (Fsp3) is 0. The zero-order valence-electron chi connectivity index (χ0n) is 16.8. The first-order valence-electron chi connectivity index (χ1n) is 8.43. The van der Waals surface area contributed by atoms with E-state index in [-0.39, 0.29) is 58.9 Å². The average molecular weight is 433 g/mol. The Hall–Kier alpha value is -2.69. The summed E-state index contributed by atoms with van der Waals surface area (Å²) in [5.74, 6) is -1.09. The van der Waals surface area contributed by atoms with E-state index in [1.54, 1.807) is 36.4 Å². The minimum absolute atomic E-state index is 0. The number of ketones is 2. The summed E-state index contributed by atoms with van der Waals surface area (Å²) in [6.07, 6.45) is 0. The van der Waals surface area contributed by atoms with E-state index in [4.69, 9.17) is 11.5 Å². The molecule has 0 aromatic heterocycles. The summed E-state index contributed by atoms with van der Waals surface area (Å²) in [4.78, 5) is 25.6. The summed E-state index contributed by atoms with van der Waals surface area (Å²) in [7, 11) is -4.76. The Morgan fingerprint density at radius 3 is 2.03 bits per heavy atom. The third-order valence-electron chi connectivity index (χ3n) is 4.64. The molecule has 0 fully saturated rings. The molecule has 1 aliphatic rings. The van der Waals surface area contributed by atoms with Crippen molar-refractivity contribution in [1.29, 1.82) is 0 Å². The topological polar surface area (TPSA) is 153 Å². The second-order valence-corrected chi connectivity index (χ2v) is 7.91. The molecule has 148 valence electrons. The first-order valence-corrected chi connectivity index (χ1v) is 9.87. The summed E-state index contributed by atoms with van der Waals surface area (Å²) in [6, 6.07) is 13.7. The molecule has 1 aliphatic carbocycles. The van der Waals surface area contributed by atoms with Crippen molar-refractivity contribution >= 4 is 44.4 Å². The van der Waals surface area contributed by atoms with E-state index in [1.165, 1.54) is 12.1 Å². The smallest absolute Gasteiger partial charge is 1.00 e. The summed E-state index contributed by atoms with van der Waals surface area (Å²) >= 11 is 0. The van der Waals surface area contributed by atoms with Gasteiger partial charge in [-0.05, 0) is 24.3 Å². The van der Waals surface area contributed by atoms with Gasteiger partial charge >= 0.3 is 29.6 Å². The van der Waals surface area contributed by atoms with Crippen LogP contribution in [0.25, 0.3) is 0 Å². The first kappa shape index (κ1) is 22.0. The van der Waals surface area contributed by atoms with Gasteiger partial charge in [-0.1, -0.05) is 30.3 Å². The number of carbonyl (C=O) groups excluding carboxylic acids is 2. The van der Waals surface area contributed by atoms with Crippen LogP contribution in [0.5, 0.6) is 0 Å². The van der Waals surface area contributed by atoms with E-state index >= 15 is 0 Å². The number of hydrogen-bond donors (Lipinski definition) is 4. The van der Waals surface area contributed by atoms with Gasteiger partial charge in [0.15, 0.2) is 11.6 Å². The molecule has 0 bridgehead atoms. The van der Waals surface area contributed by atoms with Crippen LogP contribution >= 0.6 is 0 Å². The molecule has 6 N–H and O–H groups in total. The monoisotopic (exact) mass is 433 g/mol. The van der Waals surface area contributed by atoms with Gasteiger partial charge in [-0.25, -0.2) is 0 Å². The fourth-order valence-electron chi connectivity index (χ4n) is 3.38. The number of fused-ring (bicyclic) bond motifs is 2. The Morgan fingerprint density at radius 2 is 1.47 bits per heavy atom. The van der Waals surface area contributed by atoms with Gasteiger partial charge in [0.1, 0.15) is 4.90 Å². The minimum atomic E-state index is -4.76. The number of anilines is 4. The molecule has 3 aromatic carbocycles. The van der Waals surface area contributed by atoms with Crippen molar-refractivity contribution in [2.45, 2.75) is 4.90 Å². The Bertz CT molecular complexity index is 1330. The number of nitrogens with two attached hydrogens (primary N) is 2. The van der Waals surface area contributed by atoms with Crippen LogP contribution in [-0.4, -0.2) is 24.5 Å². The quantitative estimate of drug-likeness (QED) is 0.196. The fourth-order valence-corrected chi connectivity index (χ4v) is 4.02. The Balaban J connectivity index is 0.00000171. The van der Waals surface area contributed by atoms with Crippen molar-refractivity contribution in [2.75, 3.05) is 16.8 Å². The van der Waals surface area contributed by atoms with E-state index in [2.05, 4.69) is 5.32 Å². The molecule has 3 aromatic rings. The van der Waals surface area contributed by atoms with E-state index in [9.17, 15) is 22.6 Å². The van der Waals surface area contributed by atoms with Gasteiger partial charge in [-0.3, -0.25) is 14.1 Å². The van der Waals surface area contributed by atoms with Crippen LogP contribution in [0.1, 0.15) is 33.3 Å². The van der Waals surface area contributed by atoms with Crippen LogP contribution in [0.15, 0.2) is 59.5 Å². The van der Waals surface area contributed by atoms with Gasteiger partial charge in [-0.15, -0.1) is 0 Å². The van der Waals surface area contributed by atoms with Gasteiger partial charge in [0, 0.05) is 22.5 Å². The zero-order valence-corrected chi connectivity index (χ0v) is 18.7. The van der Waals surface area contributed by atoms with Crippen molar-refractivity contribution in [3.8, 4) is 0 Å². The molecule has 0 spiro atoms. The number of rotatable bonds is 3. The Morgan fingerprint density at radius 1 is 0.867 bits per heavy atom. The molecular formula is C20H16N3NaO5S. The number of hydrogen-bond acceptors (Lipinski definition) is 7. The summed E-state index contributed by atoms with van der Waals surface area (Å²) < 4.78 is 33.3. The Kier molecular flexibility index (Phi) is 5.76. The molecule has 0 saturated carbocycles. The van der Waals surface area contributed by atoms with Gasteiger partial charge < -0.3 is 18.2 Å². The van der Waals surface area contributed by atoms with E-state index in [0.717, 1.165) is 6.07 Å². The maximum Gasteiger partial charge on any atom is 1.00 e. The third kappa shape index (κ3) is 3.62. The van der Waals surface area contributed by atoms with Crippen molar-refractivity contribution in [3.05, 3.63) is 76.9 Å². The first-order chi connectivity index (χ1) is 13.7.